The summed E-state index contributed by atoms with van der Waals surface area (Å²) in [6, 6.07) is 12.2. The number of nitrogens with one attached hydrogen (secondary N) is 2. The molecule has 0 bridgehead atoms. The summed E-state index contributed by atoms with van der Waals surface area (Å²) in [5, 5.41) is 6.67. The maximum absolute atomic E-state index is 5.44. The number of hydrogen-bond acceptors (Lipinski definition) is 4. The Morgan fingerprint density at radius 3 is 2.93 bits per heavy atom. The van der Waals surface area contributed by atoms with Crippen molar-refractivity contribution in [1.29, 1.82) is 0 Å². The zero-order chi connectivity index (χ0) is 19.3. The highest BCUT2D eigenvalue weighted by atomic mass is 16.7. The van der Waals surface area contributed by atoms with Gasteiger partial charge >= 0.3 is 0 Å². The number of aromatic nitrogens is 2. The monoisotopic (exact) mass is 379 g/mol. The predicted molar refractivity (Wildman–Crippen MR) is 109 cm³/mol. The Hall–Kier alpha value is -3.22. The molecule has 3 aromatic rings. The molecule has 1 aliphatic heterocycles. The van der Waals surface area contributed by atoms with Gasteiger partial charge in [-0.1, -0.05) is 12.1 Å². The molecule has 0 atom stereocenters. The van der Waals surface area contributed by atoms with E-state index in [1.807, 2.05) is 30.5 Å². The van der Waals surface area contributed by atoms with E-state index in [-0.39, 0.29) is 0 Å². The van der Waals surface area contributed by atoms with E-state index in [9.17, 15) is 0 Å². The van der Waals surface area contributed by atoms with Crippen molar-refractivity contribution < 1.29 is 9.47 Å². The minimum Gasteiger partial charge on any atom is -0.454 e. The van der Waals surface area contributed by atoms with Crippen LogP contribution in [0.1, 0.15) is 23.9 Å². The number of aryl methyl sites for hydroxylation is 1. The number of hydrogen-bond donors (Lipinski definition) is 2. The van der Waals surface area contributed by atoms with Crippen molar-refractivity contribution in [3.8, 4) is 11.5 Å². The molecule has 0 radical (unpaired) electrons. The highest BCUT2D eigenvalue weighted by Gasteiger charge is 2.13. The number of imidazole rings is 1. The van der Waals surface area contributed by atoms with Crippen LogP contribution >= 0.6 is 0 Å². The third-order valence-electron chi connectivity index (χ3n) is 4.63. The van der Waals surface area contributed by atoms with Gasteiger partial charge in [0.25, 0.3) is 0 Å². The van der Waals surface area contributed by atoms with E-state index in [2.05, 4.69) is 51.0 Å². The molecule has 0 spiro atoms. The fraction of sp³-hybridized carbons (Fsp3) is 0.333. The summed E-state index contributed by atoms with van der Waals surface area (Å²) in [7, 11) is 0. The topological polar surface area (TPSA) is 72.2 Å². The van der Waals surface area contributed by atoms with Gasteiger partial charge in [-0.25, -0.2) is 9.98 Å². The standard InChI is InChI=1S/C21H25N5O2/c1-3-22-21(23-10-9-16-7-8-18-19(11-16)28-14-27-18)24-12-17-13-26-15(2)5-4-6-20(26)25-17/h4-8,11,13H,3,9-10,12,14H2,1-2H3,(H2,22,23,24). The largest absolute Gasteiger partial charge is 0.454 e. The average molecular weight is 379 g/mol. The number of fused-ring (bicyclic) bond motifs is 2. The van der Waals surface area contributed by atoms with E-state index in [4.69, 9.17) is 9.47 Å². The molecular formula is C21H25N5O2. The second-order valence-electron chi connectivity index (χ2n) is 6.69. The van der Waals surface area contributed by atoms with Gasteiger partial charge in [0, 0.05) is 25.0 Å². The first-order valence-electron chi connectivity index (χ1n) is 9.57. The number of guanidine groups is 1. The number of benzene rings is 1. The van der Waals surface area contributed by atoms with Gasteiger partial charge in [0.2, 0.25) is 6.79 Å². The first kappa shape index (κ1) is 18.2. The Bertz CT molecular complexity index is 996. The number of nitrogens with zero attached hydrogens (tertiary/aromatic N) is 3. The van der Waals surface area contributed by atoms with Crippen LogP contribution in [0, 0.1) is 6.92 Å². The lowest BCUT2D eigenvalue weighted by Gasteiger charge is -2.11. The van der Waals surface area contributed by atoms with Crippen LogP contribution in [0.2, 0.25) is 0 Å². The number of ether oxygens (including phenoxy) is 2. The molecule has 7 nitrogen and oxygen atoms in total. The molecule has 0 fully saturated rings. The molecule has 1 aliphatic rings. The Kier molecular flexibility index (Phi) is 5.32. The van der Waals surface area contributed by atoms with Gasteiger partial charge in [0.05, 0.1) is 12.2 Å². The first-order chi connectivity index (χ1) is 13.7. The maximum atomic E-state index is 5.44. The third-order valence-corrected chi connectivity index (χ3v) is 4.63. The summed E-state index contributed by atoms with van der Waals surface area (Å²) in [6.45, 7) is 6.54. The molecule has 4 rings (SSSR count). The van der Waals surface area contributed by atoms with Gasteiger partial charge in [0.1, 0.15) is 5.65 Å². The molecule has 1 aromatic carbocycles. The molecule has 0 unspecified atom stereocenters. The second-order valence-corrected chi connectivity index (χ2v) is 6.69. The fourth-order valence-electron chi connectivity index (χ4n) is 3.20. The van der Waals surface area contributed by atoms with E-state index in [0.717, 1.165) is 54.0 Å². The van der Waals surface area contributed by atoms with Crippen LogP contribution in [-0.4, -0.2) is 35.2 Å². The first-order valence-corrected chi connectivity index (χ1v) is 9.57. The van der Waals surface area contributed by atoms with E-state index in [1.165, 1.54) is 5.56 Å². The van der Waals surface area contributed by atoms with Crippen molar-refractivity contribution in [2.75, 3.05) is 19.9 Å². The minimum atomic E-state index is 0.302. The Morgan fingerprint density at radius 2 is 2.07 bits per heavy atom. The van der Waals surface area contributed by atoms with Gasteiger partial charge in [-0.15, -0.1) is 0 Å². The molecule has 28 heavy (non-hydrogen) atoms. The van der Waals surface area contributed by atoms with Gasteiger partial charge < -0.3 is 24.5 Å². The molecule has 146 valence electrons. The summed E-state index contributed by atoms with van der Waals surface area (Å²) in [5.74, 6) is 2.42. The minimum absolute atomic E-state index is 0.302. The molecule has 0 saturated carbocycles. The zero-order valence-corrected chi connectivity index (χ0v) is 16.2. The van der Waals surface area contributed by atoms with Crippen LogP contribution in [0.5, 0.6) is 11.5 Å². The van der Waals surface area contributed by atoms with Crippen LogP contribution in [-0.2, 0) is 13.0 Å². The lowest BCUT2D eigenvalue weighted by molar-refractivity contribution is 0.174. The smallest absolute Gasteiger partial charge is 0.231 e. The van der Waals surface area contributed by atoms with Crippen molar-refractivity contribution in [3.05, 3.63) is 59.5 Å². The van der Waals surface area contributed by atoms with Crippen molar-refractivity contribution >= 4 is 11.6 Å². The van der Waals surface area contributed by atoms with Gasteiger partial charge in [-0.3, -0.25) is 0 Å². The Balaban J connectivity index is 1.36. The summed E-state index contributed by atoms with van der Waals surface area (Å²) in [4.78, 5) is 9.31. The summed E-state index contributed by atoms with van der Waals surface area (Å²) >= 11 is 0. The van der Waals surface area contributed by atoms with Gasteiger partial charge in [0.15, 0.2) is 17.5 Å². The average Bonchev–Trinajstić information content (AvgIpc) is 3.33. The zero-order valence-electron chi connectivity index (χ0n) is 16.2. The van der Waals surface area contributed by atoms with Crippen molar-refractivity contribution in [1.82, 2.24) is 20.0 Å². The van der Waals surface area contributed by atoms with Crippen LogP contribution < -0.4 is 20.1 Å². The lowest BCUT2D eigenvalue weighted by Crippen LogP contribution is -2.38. The lowest BCUT2D eigenvalue weighted by atomic mass is 10.1. The van der Waals surface area contributed by atoms with Crippen molar-refractivity contribution in [2.24, 2.45) is 4.99 Å². The van der Waals surface area contributed by atoms with Crippen molar-refractivity contribution in [3.63, 3.8) is 0 Å². The highest BCUT2D eigenvalue weighted by Crippen LogP contribution is 2.32. The van der Waals surface area contributed by atoms with Crippen molar-refractivity contribution in [2.45, 2.75) is 26.8 Å². The Labute approximate surface area is 164 Å². The molecule has 0 aliphatic carbocycles. The quantitative estimate of drug-likeness (QED) is 0.509. The van der Waals surface area contributed by atoms with Crippen LogP contribution in [0.4, 0.5) is 0 Å². The van der Waals surface area contributed by atoms with Crippen LogP contribution in [0.25, 0.3) is 5.65 Å². The Morgan fingerprint density at radius 1 is 1.18 bits per heavy atom. The molecule has 3 heterocycles. The maximum Gasteiger partial charge on any atom is 0.231 e. The fourth-order valence-corrected chi connectivity index (χ4v) is 3.20. The summed E-state index contributed by atoms with van der Waals surface area (Å²) in [5.41, 5.74) is 4.26. The predicted octanol–water partition coefficient (Wildman–Crippen LogP) is 2.67. The van der Waals surface area contributed by atoms with Gasteiger partial charge in [-0.2, -0.15) is 0 Å². The summed E-state index contributed by atoms with van der Waals surface area (Å²) < 4.78 is 12.9. The van der Waals surface area contributed by atoms with E-state index >= 15 is 0 Å². The SMILES string of the molecule is CCNC(=NCc1cn2c(C)cccc2n1)NCCc1ccc2c(c1)OCO2. The van der Waals surface area contributed by atoms with Crippen LogP contribution in [0.3, 0.4) is 0 Å². The van der Waals surface area contributed by atoms with E-state index in [0.29, 0.717) is 13.3 Å². The summed E-state index contributed by atoms with van der Waals surface area (Å²) in [6.07, 6.45) is 2.92. The third kappa shape index (κ3) is 4.03. The molecule has 0 amide bonds. The molecule has 7 heteroatoms. The molecule has 2 N–H and O–H groups in total. The van der Waals surface area contributed by atoms with Crippen LogP contribution in [0.15, 0.2) is 47.6 Å². The molecule has 2 aromatic heterocycles. The highest BCUT2D eigenvalue weighted by molar-refractivity contribution is 5.79. The number of aliphatic imine (C=N–C) groups is 1. The number of pyridine rings is 1. The second kappa shape index (κ2) is 8.21. The molecular weight excluding hydrogens is 354 g/mol. The van der Waals surface area contributed by atoms with Gasteiger partial charge in [-0.05, 0) is 50.1 Å². The normalized spacial score (nSPS) is 13.1. The van der Waals surface area contributed by atoms with E-state index < -0.39 is 0 Å². The number of rotatable bonds is 6. The molecule has 0 saturated heterocycles. The van der Waals surface area contributed by atoms with E-state index in [1.54, 1.807) is 0 Å².